The Balaban J connectivity index is 2.60. The first-order chi connectivity index (χ1) is 11.2. The molecule has 0 saturated carbocycles. The monoisotopic (exact) mass is 357 g/mol. The molecule has 1 aromatic rings. The molecule has 1 N–H and O–H groups in total. The molecular formula is C17H28FN3O2S. The van der Waals surface area contributed by atoms with Gasteiger partial charge in [0.15, 0.2) is 17.5 Å². The number of halogens is 1. The molecule has 1 rings (SSSR count). The first kappa shape index (κ1) is 20.4. The third-order valence-corrected chi connectivity index (χ3v) is 5.40. The van der Waals surface area contributed by atoms with Crippen LogP contribution in [0.3, 0.4) is 0 Å². The van der Waals surface area contributed by atoms with Crippen molar-refractivity contribution in [2.45, 2.75) is 32.1 Å². The highest BCUT2D eigenvalue weighted by atomic mass is 32.2. The van der Waals surface area contributed by atoms with Gasteiger partial charge < -0.3 is 15.0 Å². The molecule has 136 valence electrons. The summed E-state index contributed by atoms with van der Waals surface area (Å²) < 4.78 is 30.5. The fourth-order valence-electron chi connectivity index (χ4n) is 2.10. The van der Waals surface area contributed by atoms with E-state index in [1.165, 1.54) is 13.2 Å². The largest absolute Gasteiger partial charge is 0.494 e. The zero-order valence-corrected chi connectivity index (χ0v) is 16.2. The van der Waals surface area contributed by atoms with Crippen LogP contribution in [0.5, 0.6) is 5.75 Å². The lowest BCUT2D eigenvalue weighted by Gasteiger charge is -2.23. The summed E-state index contributed by atoms with van der Waals surface area (Å²) in [4.78, 5) is 6.10. The number of nitrogens with zero attached hydrogens (tertiary/aromatic N) is 2. The van der Waals surface area contributed by atoms with Crippen molar-refractivity contribution in [1.29, 1.82) is 0 Å². The molecule has 1 unspecified atom stereocenters. The Morgan fingerprint density at radius 2 is 2.08 bits per heavy atom. The number of rotatable bonds is 6. The minimum Gasteiger partial charge on any atom is -0.494 e. The third-order valence-electron chi connectivity index (χ3n) is 3.46. The molecule has 5 nitrogen and oxygen atoms in total. The quantitative estimate of drug-likeness (QED) is 0.627. The molecule has 0 aliphatic heterocycles. The second-order valence-corrected chi connectivity index (χ2v) is 8.79. The van der Waals surface area contributed by atoms with Gasteiger partial charge in [-0.3, -0.25) is 9.20 Å². The number of guanidine groups is 1. The zero-order valence-electron chi connectivity index (χ0n) is 15.4. The van der Waals surface area contributed by atoms with Crippen LogP contribution in [0.25, 0.3) is 0 Å². The molecular weight excluding hydrogens is 329 g/mol. The van der Waals surface area contributed by atoms with Crippen LogP contribution in [-0.4, -0.2) is 53.3 Å². The lowest BCUT2D eigenvalue weighted by molar-refractivity contribution is 0.385. The van der Waals surface area contributed by atoms with Crippen molar-refractivity contribution in [3.8, 4) is 5.75 Å². The van der Waals surface area contributed by atoms with Crippen LogP contribution in [0, 0.1) is 5.82 Å². The number of nitrogens with one attached hydrogen (secondary N) is 1. The van der Waals surface area contributed by atoms with Gasteiger partial charge in [0, 0.05) is 48.5 Å². The van der Waals surface area contributed by atoms with Gasteiger partial charge in [-0.15, -0.1) is 0 Å². The van der Waals surface area contributed by atoms with Crippen molar-refractivity contribution in [1.82, 2.24) is 10.2 Å². The molecule has 0 radical (unpaired) electrons. The van der Waals surface area contributed by atoms with Gasteiger partial charge in [0.05, 0.1) is 7.11 Å². The summed E-state index contributed by atoms with van der Waals surface area (Å²) in [5, 5.41) is 3.19. The molecule has 0 heterocycles. The van der Waals surface area contributed by atoms with Crippen LogP contribution in [0.4, 0.5) is 4.39 Å². The topological polar surface area (TPSA) is 53.9 Å². The number of benzene rings is 1. The van der Waals surface area contributed by atoms with E-state index in [0.717, 1.165) is 5.56 Å². The first-order valence-electron chi connectivity index (χ1n) is 7.81. The van der Waals surface area contributed by atoms with Crippen molar-refractivity contribution in [2.75, 3.05) is 33.5 Å². The fourth-order valence-corrected chi connectivity index (χ4v) is 3.00. The Labute approximate surface area is 146 Å². The van der Waals surface area contributed by atoms with E-state index in [2.05, 4.69) is 10.3 Å². The van der Waals surface area contributed by atoms with Crippen molar-refractivity contribution in [3.63, 3.8) is 0 Å². The van der Waals surface area contributed by atoms with Crippen LogP contribution in [-0.2, 0) is 17.3 Å². The van der Waals surface area contributed by atoms with Crippen molar-refractivity contribution in [2.24, 2.45) is 4.99 Å². The molecule has 0 aromatic heterocycles. The number of hydrogen-bond donors (Lipinski definition) is 1. The Hall–Kier alpha value is -1.63. The molecule has 0 aliphatic rings. The third kappa shape index (κ3) is 6.11. The second kappa shape index (κ2) is 9.01. The molecule has 0 fully saturated rings. The molecule has 1 aromatic carbocycles. The zero-order chi connectivity index (χ0) is 18.3. The standard InChI is InChI=1S/C17H28FN3O2S/c1-17(2,3)24(22)10-9-20-16(19-4)21(5)12-13-7-8-15(23-6)14(18)11-13/h7-8,11H,9-10,12H2,1-6H3,(H,19,20). The number of aliphatic imine (C=N–C) groups is 1. The van der Waals surface area contributed by atoms with Gasteiger partial charge >= 0.3 is 0 Å². The van der Waals surface area contributed by atoms with Gasteiger partial charge in [0.25, 0.3) is 0 Å². The Morgan fingerprint density at radius 1 is 1.42 bits per heavy atom. The summed E-state index contributed by atoms with van der Waals surface area (Å²) in [6, 6.07) is 4.89. The summed E-state index contributed by atoms with van der Waals surface area (Å²) in [6.45, 7) is 6.95. The van der Waals surface area contributed by atoms with Gasteiger partial charge in [-0.05, 0) is 38.5 Å². The van der Waals surface area contributed by atoms with Gasteiger partial charge in [-0.1, -0.05) is 6.07 Å². The maximum atomic E-state index is 13.8. The summed E-state index contributed by atoms with van der Waals surface area (Å²) in [7, 11) is 4.09. The Kier molecular flexibility index (Phi) is 7.66. The highest BCUT2D eigenvalue weighted by Crippen LogP contribution is 2.18. The fraction of sp³-hybridized carbons (Fsp3) is 0.588. The van der Waals surface area contributed by atoms with E-state index in [9.17, 15) is 8.60 Å². The highest BCUT2D eigenvalue weighted by Gasteiger charge is 2.19. The Bertz CT molecular complexity index is 600. The molecule has 0 spiro atoms. The van der Waals surface area contributed by atoms with E-state index in [-0.39, 0.29) is 16.3 Å². The maximum Gasteiger partial charge on any atom is 0.193 e. The lowest BCUT2D eigenvalue weighted by Crippen LogP contribution is -2.41. The average Bonchev–Trinajstić information content (AvgIpc) is 2.50. The van der Waals surface area contributed by atoms with E-state index >= 15 is 0 Å². The van der Waals surface area contributed by atoms with Crippen LogP contribution in [0.1, 0.15) is 26.3 Å². The molecule has 0 amide bonds. The second-order valence-electron chi connectivity index (χ2n) is 6.46. The summed E-state index contributed by atoms with van der Waals surface area (Å²) in [5.41, 5.74) is 0.817. The van der Waals surface area contributed by atoms with E-state index < -0.39 is 10.8 Å². The number of hydrogen-bond acceptors (Lipinski definition) is 3. The minimum absolute atomic E-state index is 0.224. The predicted molar refractivity (Wildman–Crippen MR) is 98.5 cm³/mol. The smallest absolute Gasteiger partial charge is 0.193 e. The van der Waals surface area contributed by atoms with Gasteiger partial charge in [-0.25, -0.2) is 4.39 Å². The predicted octanol–water partition coefficient (Wildman–Crippen LogP) is 2.39. The van der Waals surface area contributed by atoms with Gasteiger partial charge in [-0.2, -0.15) is 0 Å². The average molecular weight is 357 g/mol. The summed E-state index contributed by atoms with van der Waals surface area (Å²) in [5.74, 6) is 1.07. The molecule has 7 heteroatoms. The molecule has 1 atom stereocenters. The van der Waals surface area contributed by atoms with Gasteiger partial charge in [0.2, 0.25) is 0 Å². The summed E-state index contributed by atoms with van der Waals surface area (Å²) >= 11 is 0. The highest BCUT2D eigenvalue weighted by molar-refractivity contribution is 7.86. The molecule has 0 saturated heterocycles. The normalized spacial score (nSPS) is 13.5. The van der Waals surface area contributed by atoms with Crippen molar-refractivity contribution < 1.29 is 13.3 Å². The Morgan fingerprint density at radius 3 is 2.58 bits per heavy atom. The van der Waals surface area contributed by atoms with Gasteiger partial charge in [0.1, 0.15) is 0 Å². The maximum absolute atomic E-state index is 13.8. The lowest BCUT2D eigenvalue weighted by atomic mass is 10.2. The van der Waals surface area contributed by atoms with E-state index in [4.69, 9.17) is 4.74 Å². The van der Waals surface area contributed by atoms with E-state index in [1.54, 1.807) is 13.1 Å². The molecule has 0 bridgehead atoms. The SMILES string of the molecule is CN=C(NCCS(=O)C(C)(C)C)N(C)Cc1ccc(OC)c(F)c1. The van der Waals surface area contributed by atoms with Crippen LogP contribution < -0.4 is 10.1 Å². The van der Waals surface area contributed by atoms with Crippen LogP contribution in [0.2, 0.25) is 0 Å². The van der Waals surface area contributed by atoms with Crippen LogP contribution >= 0.6 is 0 Å². The minimum atomic E-state index is -0.913. The van der Waals surface area contributed by atoms with E-state index in [1.807, 2.05) is 38.8 Å². The van der Waals surface area contributed by atoms with E-state index in [0.29, 0.717) is 24.8 Å². The molecule has 0 aliphatic carbocycles. The van der Waals surface area contributed by atoms with Crippen LogP contribution in [0.15, 0.2) is 23.2 Å². The first-order valence-corrected chi connectivity index (χ1v) is 9.13. The summed E-state index contributed by atoms with van der Waals surface area (Å²) in [6.07, 6.45) is 0. The number of ether oxygens (including phenoxy) is 1. The number of methoxy groups -OCH3 is 1. The van der Waals surface area contributed by atoms with Crippen molar-refractivity contribution >= 4 is 16.8 Å². The van der Waals surface area contributed by atoms with Crippen molar-refractivity contribution in [3.05, 3.63) is 29.6 Å². The molecule has 24 heavy (non-hydrogen) atoms.